The van der Waals surface area contributed by atoms with Gasteiger partial charge >= 0.3 is 0 Å². The van der Waals surface area contributed by atoms with E-state index in [0.717, 1.165) is 24.1 Å². The van der Waals surface area contributed by atoms with E-state index < -0.39 is 0 Å². The Morgan fingerprint density at radius 3 is 2.67 bits per heavy atom. The van der Waals surface area contributed by atoms with Crippen LogP contribution in [-0.2, 0) is 0 Å². The monoisotopic (exact) mass is 443 g/mol. The van der Waals surface area contributed by atoms with Crippen LogP contribution in [0.3, 0.4) is 0 Å². The number of nitrogens with one attached hydrogen (secondary N) is 3. The van der Waals surface area contributed by atoms with E-state index in [0.29, 0.717) is 28.9 Å². The topological polar surface area (TPSA) is 125 Å². The third kappa shape index (κ3) is 4.80. The quantitative estimate of drug-likeness (QED) is 0.347. The van der Waals surface area contributed by atoms with Crippen molar-refractivity contribution in [3.05, 3.63) is 81.8 Å². The minimum absolute atomic E-state index is 0.0432. The summed E-state index contributed by atoms with van der Waals surface area (Å²) >= 11 is 0. The summed E-state index contributed by atoms with van der Waals surface area (Å²) in [5.41, 5.74) is 10.4. The summed E-state index contributed by atoms with van der Waals surface area (Å²) in [6, 6.07) is 16.8. The molecule has 1 aliphatic rings. The van der Waals surface area contributed by atoms with Crippen molar-refractivity contribution in [2.45, 2.75) is 50.0 Å². The van der Waals surface area contributed by atoms with E-state index >= 15 is 0 Å². The molecule has 3 heterocycles. The largest absolute Gasteiger partial charge is 0.384 e. The zero-order valence-corrected chi connectivity index (χ0v) is 18.5. The molecule has 1 fully saturated rings. The van der Waals surface area contributed by atoms with E-state index in [1.165, 1.54) is 31.2 Å². The molecule has 1 aromatic carbocycles. The minimum atomic E-state index is -0.122. The molecule has 5 rings (SSSR count). The van der Waals surface area contributed by atoms with Gasteiger partial charge < -0.3 is 16.0 Å². The smallest absolute Gasteiger partial charge is 0.248 e. The highest BCUT2D eigenvalue weighted by molar-refractivity contribution is 5.77. The van der Waals surface area contributed by atoms with Crippen molar-refractivity contribution < 1.29 is 0 Å². The molecule has 0 amide bonds. The SMILES string of the molecule is Nc1cc(C(CCNC2CCC(c3ccccc3)CC2)c2cc[nH]c(=O)c2)c2n[nH]nc2n1. The van der Waals surface area contributed by atoms with Gasteiger partial charge in [-0.25, -0.2) is 4.98 Å². The Kier molecular flexibility index (Phi) is 6.17. The molecular formula is C25H29N7O. The third-order valence-electron chi connectivity index (χ3n) is 6.78. The van der Waals surface area contributed by atoms with Gasteiger partial charge in [-0.3, -0.25) is 4.79 Å². The first kappa shape index (κ1) is 21.3. The Labute approximate surface area is 192 Å². The van der Waals surface area contributed by atoms with E-state index in [4.69, 9.17) is 5.73 Å². The molecule has 1 atom stereocenters. The number of pyridine rings is 2. The van der Waals surface area contributed by atoms with Gasteiger partial charge in [-0.1, -0.05) is 30.3 Å². The molecule has 5 N–H and O–H groups in total. The molecule has 170 valence electrons. The molecule has 0 aliphatic heterocycles. The van der Waals surface area contributed by atoms with Gasteiger partial charge in [0.05, 0.1) is 0 Å². The molecule has 1 saturated carbocycles. The Balaban J connectivity index is 1.29. The number of nitrogen functional groups attached to an aromatic ring is 1. The highest BCUT2D eigenvalue weighted by atomic mass is 16.1. The summed E-state index contributed by atoms with van der Waals surface area (Å²) in [5, 5.41) is 14.8. The number of rotatable bonds is 7. The zero-order chi connectivity index (χ0) is 22.6. The summed E-state index contributed by atoms with van der Waals surface area (Å²) in [5.74, 6) is 1.01. The van der Waals surface area contributed by atoms with Gasteiger partial charge in [0.1, 0.15) is 11.3 Å². The molecule has 33 heavy (non-hydrogen) atoms. The summed E-state index contributed by atoms with van der Waals surface area (Å²) in [6.45, 7) is 0.833. The molecule has 0 bridgehead atoms. The van der Waals surface area contributed by atoms with Gasteiger partial charge in [-0.05, 0) is 73.4 Å². The Morgan fingerprint density at radius 2 is 1.88 bits per heavy atom. The van der Waals surface area contributed by atoms with Gasteiger partial charge in [0.15, 0.2) is 0 Å². The lowest BCUT2D eigenvalue weighted by Crippen LogP contribution is -2.34. The zero-order valence-electron chi connectivity index (χ0n) is 18.5. The van der Waals surface area contributed by atoms with Crippen LogP contribution in [0.4, 0.5) is 5.82 Å². The predicted octanol–water partition coefficient (Wildman–Crippen LogP) is 3.46. The maximum absolute atomic E-state index is 12.0. The van der Waals surface area contributed by atoms with Gasteiger partial charge in [0, 0.05) is 24.2 Å². The fourth-order valence-electron chi connectivity index (χ4n) is 5.11. The highest BCUT2D eigenvalue weighted by Gasteiger charge is 2.24. The fourth-order valence-corrected chi connectivity index (χ4v) is 5.11. The summed E-state index contributed by atoms with van der Waals surface area (Å²) in [6.07, 6.45) is 7.26. The second-order valence-electron chi connectivity index (χ2n) is 8.87. The number of aromatic nitrogens is 5. The van der Waals surface area contributed by atoms with Gasteiger partial charge in [-0.15, -0.1) is 5.10 Å². The van der Waals surface area contributed by atoms with E-state index in [2.05, 4.69) is 61.0 Å². The number of fused-ring (bicyclic) bond motifs is 1. The number of nitrogens with zero attached hydrogens (tertiary/aromatic N) is 3. The number of hydrogen-bond donors (Lipinski definition) is 4. The van der Waals surface area contributed by atoms with Crippen LogP contribution < -0.4 is 16.6 Å². The van der Waals surface area contributed by atoms with Gasteiger partial charge in [-0.2, -0.15) is 10.3 Å². The molecule has 8 nitrogen and oxygen atoms in total. The lowest BCUT2D eigenvalue weighted by atomic mass is 9.81. The molecule has 0 radical (unpaired) electrons. The summed E-state index contributed by atoms with van der Waals surface area (Å²) in [4.78, 5) is 19.0. The third-order valence-corrected chi connectivity index (χ3v) is 6.78. The van der Waals surface area contributed by atoms with E-state index in [1.54, 1.807) is 12.3 Å². The van der Waals surface area contributed by atoms with Crippen LogP contribution in [0, 0.1) is 0 Å². The number of anilines is 1. The Bertz CT molecular complexity index is 1260. The van der Waals surface area contributed by atoms with Crippen LogP contribution >= 0.6 is 0 Å². The average Bonchev–Trinajstić information content (AvgIpc) is 3.31. The van der Waals surface area contributed by atoms with Crippen molar-refractivity contribution in [2.24, 2.45) is 0 Å². The van der Waals surface area contributed by atoms with Gasteiger partial charge in [0.25, 0.3) is 0 Å². The molecule has 4 aromatic rings. The molecular weight excluding hydrogens is 414 g/mol. The first-order chi connectivity index (χ1) is 16.2. The second kappa shape index (κ2) is 9.54. The van der Waals surface area contributed by atoms with Crippen LogP contribution in [0.1, 0.15) is 60.6 Å². The number of aromatic amines is 2. The molecule has 1 aliphatic carbocycles. The van der Waals surface area contributed by atoms with E-state index in [-0.39, 0.29) is 11.5 Å². The first-order valence-electron chi connectivity index (χ1n) is 11.6. The number of benzene rings is 1. The molecule has 8 heteroatoms. The summed E-state index contributed by atoms with van der Waals surface area (Å²) < 4.78 is 0. The van der Waals surface area contributed by atoms with E-state index in [1.807, 2.05) is 12.1 Å². The van der Waals surface area contributed by atoms with Crippen molar-refractivity contribution in [2.75, 3.05) is 12.3 Å². The van der Waals surface area contributed by atoms with Crippen molar-refractivity contribution in [3.63, 3.8) is 0 Å². The van der Waals surface area contributed by atoms with Crippen molar-refractivity contribution in [1.29, 1.82) is 0 Å². The van der Waals surface area contributed by atoms with E-state index in [9.17, 15) is 4.79 Å². The molecule has 0 spiro atoms. The Morgan fingerprint density at radius 1 is 1.06 bits per heavy atom. The number of H-pyrrole nitrogens is 2. The normalized spacial score (nSPS) is 19.5. The maximum atomic E-state index is 12.0. The Hall–Kier alpha value is -3.52. The number of nitrogens with two attached hydrogens (primary N) is 1. The van der Waals surface area contributed by atoms with Gasteiger partial charge in [0.2, 0.25) is 11.2 Å². The van der Waals surface area contributed by atoms with Crippen molar-refractivity contribution in [1.82, 2.24) is 30.7 Å². The van der Waals surface area contributed by atoms with Crippen molar-refractivity contribution >= 4 is 17.0 Å². The number of hydrogen-bond acceptors (Lipinski definition) is 6. The van der Waals surface area contributed by atoms with Crippen LogP contribution in [0.2, 0.25) is 0 Å². The standard InChI is InChI=1S/C25H29N7O/c26-22-15-21(24-25(29-22)31-32-30-24)20(18-10-12-28-23(33)14-18)11-13-27-19-8-6-17(7-9-19)16-4-2-1-3-5-16/h1-5,10,12,14-15,17,19-20,27H,6-9,11,13H2,(H,28,33)(H3,26,29,30,31,32). The maximum Gasteiger partial charge on any atom is 0.248 e. The molecule has 1 unspecified atom stereocenters. The highest BCUT2D eigenvalue weighted by Crippen LogP contribution is 2.34. The average molecular weight is 444 g/mol. The first-order valence-corrected chi connectivity index (χ1v) is 11.6. The summed E-state index contributed by atoms with van der Waals surface area (Å²) in [7, 11) is 0. The van der Waals surface area contributed by atoms with Crippen LogP contribution in [0.5, 0.6) is 0 Å². The van der Waals surface area contributed by atoms with Crippen molar-refractivity contribution in [3.8, 4) is 0 Å². The predicted molar refractivity (Wildman–Crippen MR) is 129 cm³/mol. The second-order valence-corrected chi connectivity index (χ2v) is 8.87. The lowest BCUT2D eigenvalue weighted by molar-refractivity contribution is 0.340. The molecule has 3 aromatic heterocycles. The fraction of sp³-hybridized carbons (Fsp3) is 0.360. The van der Waals surface area contributed by atoms with Crippen LogP contribution in [-0.4, -0.2) is 38.0 Å². The van der Waals surface area contributed by atoms with Crippen LogP contribution in [0.25, 0.3) is 11.2 Å². The van der Waals surface area contributed by atoms with Crippen LogP contribution in [0.15, 0.2) is 59.5 Å². The molecule has 0 saturated heterocycles. The lowest BCUT2D eigenvalue weighted by Gasteiger charge is -2.30. The minimum Gasteiger partial charge on any atom is -0.384 e.